The van der Waals surface area contributed by atoms with Gasteiger partial charge in [0.2, 0.25) is 5.88 Å². The van der Waals surface area contributed by atoms with Gasteiger partial charge in [0, 0.05) is 17.0 Å². The van der Waals surface area contributed by atoms with Crippen LogP contribution in [-0.4, -0.2) is 35.7 Å². The van der Waals surface area contributed by atoms with E-state index in [1.165, 1.54) is 5.57 Å². The molecular weight excluding hydrogens is 406 g/mol. The van der Waals surface area contributed by atoms with Crippen LogP contribution in [0.4, 0.5) is 11.5 Å². The van der Waals surface area contributed by atoms with E-state index in [9.17, 15) is 9.90 Å². The second-order valence-electron chi connectivity index (χ2n) is 8.15. The van der Waals surface area contributed by atoms with Crippen molar-refractivity contribution in [3.63, 3.8) is 0 Å². The maximum Gasteiger partial charge on any atom is 0.326 e. The molecule has 4 aromatic rings. The van der Waals surface area contributed by atoms with E-state index in [-0.39, 0.29) is 11.6 Å². The van der Waals surface area contributed by atoms with Crippen molar-refractivity contribution in [1.82, 2.24) is 24.6 Å². The topological polar surface area (TPSA) is 123 Å². The fourth-order valence-electron chi connectivity index (χ4n) is 3.40. The van der Waals surface area contributed by atoms with E-state index >= 15 is 0 Å². The first-order valence-electron chi connectivity index (χ1n) is 10.4. The number of benzene rings is 1. The lowest BCUT2D eigenvalue weighted by molar-refractivity contribution is 0.454. The number of aromatic amines is 2. The summed E-state index contributed by atoms with van der Waals surface area (Å²) in [6.07, 6.45) is 7.52. The molecule has 0 radical (unpaired) electrons. The molecule has 1 aliphatic rings. The van der Waals surface area contributed by atoms with Gasteiger partial charge in [-0.2, -0.15) is 9.61 Å². The van der Waals surface area contributed by atoms with Gasteiger partial charge in [0.05, 0.1) is 12.2 Å². The molecule has 1 saturated carbocycles. The predicted octanol–water partition coefficient (Wildman–Crippen LogP) is 2.23. The first kappa shape index (κ1) is 19.8. The summed E-state index contributed by atoms with van der Waals surface area (Å²) in [6, 6.07) is 10.3. The number of nitrogens with zero attached hydrogens (tertiary/aromatic N) is 4. The van der Waals surface area contributed by atoms with Gasteiger partial charge in [0.15, 0.2) is 11.1 Å². The molecule has 0 amide bonds. The van der Waals surface area contributed by atoms with Crippen LogP contribution in [0.1, 0.15) is 37.9 Å². The number of aromatic nitrogens is 5. The molecule has 0 saturated heterocycles. The minimum Gasteiger partial charge on any atom is -0.493 e. The van der Waals surface area contributed by atoms with Crippen LogP contribution >= 0.6 is 0 Å². The van der Waals surface area contributed by atoms with Crippen LogP contribution < -0.4 is 21.7 Å². The van der Waals surface area contributed by atoms with E-state index in [0.717, 1.165) is 24.1 Å². The molecule has 1 aromatic carbocycles. The van der Waals surface area contributed by atoms with Crippen molar-refractivity contribution in [2.45, 2.75) is 32.7 Å². The van der Waals surface area contributed by atoms with Crippen molar-refractivity contribution in [3.8, 4) is 5.88 Å². The number of hydrogen-bond acceptors (Lipinski definition) is 6. The van der Waals surface area contributed by atoms with Gasteiger partial charge >= 0.3 is 5.69 Å². The highest BCUT2D eigenvalue weighted by Crippen LogP contribution is 2.23. The highest BCUT2D eigenvalue weighted by molar-refractivity contribution is 5.63. The van der Waals surface area contributed by atoms with Crippen molar-refractivity contribution in [1.29, 1.82) is 0 Å². The van der Waals surface area contributed by atoms with Gasteiger partial charge < -0.3 is 15.4 Å². The summed E-state index contributed by atoms with van der Waals surface area (Å²) in [5.74, 6) is 0.400. The third kappa shape index (κ3) is 4.18. The molecule has 0 spiro atoms. The van der Waals surface area contributed by atoms with Crippen LogP contribution in [0.2, 0.25) is 0 Å². The Kier molecular flexibility index (Phi) is 4.85. The van der Waals surface area contributed by atoms with Crippen LogP contribution in [-0.2, 0) is 0 Å². The van der Waals surface area contributed by atoms with E-state index in [4.69, 9.17) is 9.98 Å². The summed E-state index contributed by atoms with van der Waals surface area (Å²) in [7, 11) is 0. The molecule has 3 heterocycles. The zero-order valence-electron chi connectivity index (χ0n) is 17.8. The van der Waals surface area contributed by atoms with Crippen molar-refractivity contribution in [2.24, 2.45) is 4.99 Å². The molecule has 9 nitrogen and oxygen atoms in total. The molecule has 0 bridgehead atoms. The molecule has 32 heavy (non-hydrogen) atoms. The molecule has 0 aliphatic heterocycles. The number of hydrogen-bond donors (Lipinski definition) is 4. The smallest absolute Gasteiger partial charge is 0.326 e. The van der Waals surface area contributed by atoms with Crippen LogP contribution in [0, 0.1) is 0 Å². The van der Waals surface area contributed by atoms with E-state index < -0.39 is 5.69 Å². The Hall–Kier alpha value is -4.14. The molecule has 1 fully saturated rings. The van der Waals surface area contributed by atoms with Crippen molar-refractivity contribution in [3.05, 3.63) is 74.5 Å². The number of imidazole rings is 1. The number of aromatic hydroxyl groups is 1. The van der Waals surface area contributed by atoms with E-state index in [2.05, 4.69) is 40.3 Å². The monoisotopic (exact) mass is 429 g/mol. The highest BCUT2D eigenvalue weighted by atomic mass is 16.3. The summed E-state index contributed by atoms with van der Waals surface area (Å²) < 4.78 is 1.68. The van der Waals surface area contributed by atoms with E-state index in [1.807, 2.05) is 30.3 Å². The number of fused-ring (bicyclic) bond motifs is 1. The number of rotatable bonds is 5. The Balaban J connectivity index is 1.59. The largest absolute Gasteiger partial charge is 0.493 e. The van der Waals surface area contributed by atoms with Crippen LogP contribution in [0.3, 0.4) is 0 Å². The molecule has 0 unspecified atom stereocenters. The normalized spacial score (nSPS) is 14.8. The van der Waals surface area contributed by atoms with Crippen molar-refractivity contribution < 1.29 is 5.11 Å². The minimum absolute atomic E-state index is 0.233. The van der Waals surface area contributed by atoms with Crippen LogP contribution in [0.25, 0.3) is 17.8 Å². The van der Waals surface area contributed by atoms with Crippen molar-refractivity contribution >= 4 is 29.3 Å². The third-order valence-electron chi connectivity index (χ3n) is 5.02. The summed E-state index contributed by atoms with van der Waals surface area (Å²) in [4.78, 5) is 25.8. The fraction of sp³-hybridized carbons (Fsp3) is 0.217. The lowest BCUT2D eigenvalue weighted by Crippen LogP contribution is -2.19. The van der Waals surface area contributed by atoms with Crippen LogP contribution in [0.15, 0.2) is 51.9 Å². The van der Waals surface area contributed by atoms with Crippen molar-refractivity contribution in [2.75, 3.05) is 5.32 Å². The maximum absolute atomic E-state index is 11.5. The lowest BCUT2D eigenvalue weighted by Gasteiger charge is -2.07. The Morgan fingerprint density at radius 3 is 2.69 bits per heavy atom. The summed E-state index contributed by atoms with van der Waals surface area (Å²) in [6.45, 7) is 4.14. The second-order valence-corrected chi connectivity index (χ2v) is 8.15. The zero-order chi connectivity index (χ0) is 22.2. The highest BCUT2D eigenvalue weighted by Gasteiger charge is 2.20. The molecule has 162 valence electrons. The SMILES string of the molecule is CC(C)=Cc1ccc(Nc2cc(=NC3CC3)n3nc/c(=C/c4[nH]c(=O)[nH]c4O)c3n2)cc1. The molecule has 4 N–H and O–H groups in total. The first-order chi connectivity index (χ1) is 15.4. The summed E-state index contributed by atoms with van der Waals surface area (Å²) >= 11 is 0. The Morgan fingerprint density at radius 2 is 2.03 bits per heavy atom. The molecule has 5 rings (SSSR count). The third-order valence-corrected chi connectivity index (χ3v) is 5.02. The van der Waals surface area contributed by atoms with Gasteiger partial charge in [-0.3, -0.25) is 9.98 Å². The van der Waals surface area contributed by atoms with Crippen LogP contribution in [0.5, 0.6) is 5.88 Å². The summed E-state index contributed by atoms with van der Waals surface area (Å²) in [5, 5.41) is 18.3. The zero-order valence-corrected chi connectivity index (χ0v) is 17.8. The lowest BCUT2D eigenvalue weighted by atomic mass is 10.1. The van der Waals surface area contributed by atoms with Gasteiger partial charge in [-0.05, 0) is 50.5 Å². The van der Waals surface area contributed by atoms with Gasteiger partial charge in [-0.15, -0.1) is 0 Å². The average molecular weight is 429 g/mol. The van der Waals surface area contributed by atoms with Gasteiger partial charge in [0.1, 0.15) is 11.5 Å². The fourth-order valence-corrected chi connectivity index (χ4v) is 3.40. The first-order valence-corrected chi connectivity index (χ1v) is 10.4. The molecular formula is C23H23N7O2. The quantitative estimate of drug-likeness (QED) is 0.387. The standard InChI is InChI=1S/C23H23N7O2/c1-13(2)9-14-3-5-16(6-4-14)25-19-11-20(26-17-7-8-17)30-21(28-19)15(12-24-30)10-18-22(31)29-23(32)27-18/h3-6,9-12,17,25,31H,7-8H2,1-2H3,(H2,27,29,32)/b15-10-,26-20?. The number of nitrogens with one attached hydrogen (secondary N) is 3. The number of allylic oxidation sites excluding steroid dienone is 1. The molecule has 0 atom stereocenters. The summed E-state index contributed by atoms with van der Waals surface area (Å²) in [5.41, 5.74) is 4.33. The van der Waals surface area contributed by atoms with Gasteiger partial charge in [-0.1, -0.05) is 23.8 Å². The Labute approximate surface area is 182 Å². The molecule has 1 aliphatic carbocycles. The Morgan fingerprint density at radius 1 is 1.25 bits per heavy atom. The number of H-pyrrole nitrogens is 2. The van der Waals surface area contributed by atoms with E-state index in [0.29, 0.717) is 28.2 Å². The minimum atomic E-state index is -0.485. The molecule has 9 heteroatoms. The number of anilines is 2. The molecule has 3 aromatic heterocycles. The average Bonchev–Trinajstić information content (AvgIpc) is 3.38. The van der Waals surface area contributed by atoms with Gasteiger partial charge in [0.25, 0.3) is 0 Å². The van der Waals surface area contributed by atoms with E-state index in [1.54, 1.807) is 16.8 Å². The predicted molar refractivity (Wildman–Crippen MR) is 122 cm³/mol. The second kappa shape index (κ2) is 7.84. The Bertz CT molecular complexity index is 1500. The van der Waals surface area contributed by atoms with Gasteiger partial charge in [-0.25, -0.2) is 9.78 Å². The maximum atomic E-state index is 11.5.